The predicted molar refractivity (Wildman–Crippen MR) is 80.3 cm³/mol. The fourth-order valence-electron chi connectivity index (χ4n) is 1.16. The first-order valence-corrected chi connectivity index (χ1v) is 8.60. The minimum absolute atomic E-state index is 0.133. The minimum Gasteiger partial charge on any atom is -0.463 e. The zero-order chi connectivity index (χ0) is 17.2. The molecule has 22 heavy (non-hydrogen) atoms. The normalized spacial score (nSPS) is 14.6. The molecule has 9 heteroatoms. The Morgan fingerprint density at radius 1 is 1.09 bits per heavy atom. The Balaban J connectivity index is 3.99. The maximum atomic E-state index is 11.7. The van der Waals surface area contributed by atoms with Crippen molar-refractivity contribution >= 4 is 19.5 Å². The van der Waals surface area contributed by atoms with E-state index < -0.39 is 19.5 Å². The molecule has 0 saturated heterocycles. The molecule has 0 fully saturated rings. The lowest BCUT2D eigenvalue weighted by atomic mass is 10.5. The molecule has 0 heterocycles. The number of carbonyl (C=O) groups is 2. The van der Waals surface area contributed by atoms with Crippen molar-refractivity contribution < 1.29 is 37.5 Å². The third kappa shape index (κ3) is 12.5. The van der Waals surface area contributed by atoms with Gasteiger partial charge in [-0.1, -0.05) is 0 Å². The zero-order valence-electron chi connectivity index (χ0n) is 13.5. The maximum absolute atomic E-state index is 11.7. The Labute approximate surface area is 130 Å². The van der Waals surface area contributed by atoms with E-state index in [4.69, 9.17) is 9.26 Å². The molecule has 0 bridgehead atoms. The van der Waals surface area contributed by atoms with Gasteiger partial charge < -0.3 is 23.4 Å². The van der Waals surface area contributed by atoms with E-state index in [0.29, 0.717) is 11.0 Å². The third-order valence-corrected chi connectivity index (χ3v) is 3.65. The molecule has 0 aromatic heterocycles. The summed E-state index contributed by atoms with van der Waals surface area (Å²) < 4.78 is 26.5. The summed E-state index contributed by atoms with van der Waals surface area (Å²) in [5.74, 6) is -1.45. The van der Waals surface area contributed by atoms with Crippen LogP contribution in [0.3, 0.4) is 0 Å². The highest BCUT2D eigenvalue weighted by molar-refractivity contribution is 7.52. The average Bonchev–Trinajstić information content (AvgIpc) is 2.34. The van der Waals surface area contributed by atoms with Gasteiger partial charge >= 0.3 is 19.5 Å². The number of rotatable bonds is 10. The van der Waals surface area contributed by atoms with Gasteiger partial charge in [-0.3, -0.25) is 4.57 Å². The highest BCUT2D eigenvalue weighted by Gasteiger charge is 2.21. The Kier molecular flexibility index (Phi) is 9.20. The molecule has 128 valence electrons. The number of hydrogen-bond acceptors (Lipinski definition) is 6. The zero-order valence-corrected chi connectivity index (χ0v) is 14.4. The van der Waals surface area contributed by atoms with Gasteiger partial charge in [-0.2, -0.15) is 0 Å². The maximum Gasteiger partial charge on any atom is 0.331 e. The van der Waals surface area contributed by atoms with Crippen molar-refractivity contribution in [2.75, 3.05) is 53.7 Å². The summed E-state index contributed by atoms with van der Waals surface area (Å²) in [5, 5.41) is 0. The van der Waals surface area contributed by atoms with Gasteiger partial charge in [0.2, 0.25) is 0 Å². The van der Waals surface area contributed by atoms with Gasteiger partial charge in [-0.15, -0.1) is 0 Å². The number of quaternary nitrogens is 1. The van der Waals surface area contributed by atoms with Crippen molar-refractivity contribution in [2.45, 2.75) is 6.92 Å². The standard InChI is InChI=1S/C13H24NO7P/c1-5-19-12(15)6-7-13(16)20-10-11-22(17,18)21-9-8-14(2,3)4/h6-7H,5,8-11H2,1-4H3/p+1/b7-6-. The fraction of sp³-hybridized carbons (Fsp3) is 0.692. The van der Waals surface area contributed by atoms with Crippen LogP contribution in [0.5, 0.6) is 0 Å². The van der Waals surface area contributed by atoms with Crippen LogP contribution in [0, 0.1) is 0 Å². The molecular weight excluding hydrogens is 313 g/mol. The summed E-state index contributed by atoms with van der Waals surface area (Å²) in [6, 6.07) is 0. The molecule has 0 aliphatic carbocycles. The average molecular weight is 338 g/mol. The van der Waals surface area contributed by atoms with Crippen LogP contribution in [0.2, 0.25) is 0 Å². The number of esters is 2. The molecule has 0 aromatic carbocycles. The molecule has 8 nitrogen and oxygen atoms in total. The second-order valence-electron chi connectivity index (χ2n) is 5.46. The van der Waals surface area contributed by atoms with E-state index in [1.807, 2.05) is 21.1 Å². The van der Waals surface area contributed by atoms with E-state index in [0.717, 1.165) is 12.2 Å². The molecule has 0 aliphatic rings. The predicted octanol–water partition coefficient (Wildman–Crippen LogP) is 0.557. The molecule has 0 amide bonds. The number of nitrogens with zero attached hydrogens (tertiary/aromatic N) is 1. The molecule has 1 atom stereocenters. The van der Waals surface area contributed by atoms with Crippen LogP contribution in [-0.2, 0) is 28.2 Å². The lowest BCUT2D eigenvalue weighted by Crippen LogP contribution is -2.37. The van der Waals surface area contributed by atoms with Gasteiger partial charge in [0.25, 0.3) is 0 Å². The van der Waals surface area contributed by atoms with Gasteiger partial charge in [0.05, 0.1) is 33.9 Å². The van der Waals surface area contributed by atoms with Crippen LogP contribution in [-0.4, -0.2) is 75.0 Å². The molecule has 0 spiro atoms. The van der Waals surface area contributed by atoms with Gasteiger partial charge in [0.1, 0.15) is 19.8 Å². The summed E-state index contributed by atoms with van der Waals surface area (Å²) in [7, 11) is 2.02. The monoisotopic (exact) mass is 338 g/mol. The Hall–Kier alpha value is -1.21. The van der Waals surface area contributed by atoms with E-state index in [2.05, 4.69) is 4.74 Å². The fourth-order valence-corrected chi connectivity index (χ4v) is 1.98. The smallest absolute Gasteiger partial charge is 0.331 e. The second kappa shape index (κ2) is 9.74. The first-order chi connectivity index (χ1) is 10.1. The number of likely N-dealkylation sites (N-methyl/N-ethyl adjacent to an activating group) is 1. The van der Waals surface area contributed by atoms with E-state index in [-0.39, 0.29) is 26.0 Å². The molecule has 1 unspecified atom stereocenters. The van der Waals surface area contributed by atoms with Crippen molar-refractivity contribution in [1.82, 2.24) is 0 Å². The molecule has 0 rings (SSSR count). The Morgan fingerprint density at radius 2 is 1.64 bits per heavy atom. The quantitative estimate of drug-likeness (QED) is 0.269. The summed E-state index contributed by atoms with van der Waals surface area (Å²) in [5.41, 5.74) is 0. The van der Waals surface area contributed by atoms with Gasteiger partial charge in [-0.25, -0.2) is 9.59 Å². The van der Waals surface area contributed by atoms with Crippen LogP contribution >= 0.6 is 7.60 Å². The number of hydrogen-bond donors (Lipinski definition) is 1. The topological polar surface area (TPSA) is 99.1 Å². The van der Waals surface area contributed by atoms with Gasteiger partial charge in [0, 0.05) is 12.2 Å². The minimum atomic E-state index is -3.79. The van der Waals surface area contributed by atoms with Gasteiger partial charge in [-0.05, 0) is 6.92 Å². The lowest BCUT2D eigenvalue weighted by molar-refractivity contribution is -0.870. The first-order valence-electron chi connectivity index (χ1n) is 6.84. The summed E-state index contributed by atoms with van der Waals surface area (Å²) in [4.78, 5) is 31.8. The van der Waals surface area contributed by atoms with Crippen LogP contribution < -0.4 is 0 Å². The lowest BCUT2D eigenvalue weighted by Gasteiger charge is -2.24. The van der Waals surface area contributed by atoms with Crippen molar-refractivity contribution in [3.8, 4) is 0 Å². The number of ether oxygens (including phenoxy) is 2. The van der Waals surface area contributed by atoms with Crippen molar-refractivity contribution in [1.29, 1.82) is 0 Å². The summed E-state index contributed by atoms with van der Waals surface area (Å²) in [6.07, 6.45) is 1.53. The summed E-state index contributed by atoms with van der Waals surface area (Å²) >= 11 is 0. The molecule has 1 N–H and O–H groups in total. The highest BCUT2D eigenvalue weighted by Crippen LogP contribution is 2.41. The van der Waals surface area contributed by atoms with Crippen molar-refractivity contribution in [3.05, 3.63) is 12.2 Å². The third-order valence-electron chi connectivity index (χ3n) is 2.32. The van der Waals surface area contributed by atoms with E-state index >= 15 is 0 Å². The van der Waals surface area contributed by atoms with Crippen molar-refractivity contribution in [2.24, 2.45) is 0 Å². The Bertz CT molecular complexity index is 442. The highest BCUT2D eigenvalue weighted by atomic mass is 31.2. The molecule has 0 aliphatic heterocycles. The first kappa shape index (κ1) is 20.8. The number of carbonyl (C=O) groups excluding carboxylic acids is 2. The Morgan fingerprint density at radius 3 is 2.14 bits per heavy atom. The van der Waals surface area contributed by atoms with Crippen LogP contribution in [0.15, 0.2) is 12.2 Å². The van der Waals surface area contributed by atoms with Crippen molar-refractivity contribution in [3.63, 3.8) is 0 Å². The van der Waals surface area contributed by atoms with E-state index in [1.165, 1.54) is 0 Å². The molecule has 0 saturated carbocycles. The van der Waals surface area contributed by atoms with Crippen LogP contribution in [0.4, 0.5) is 0 Å². The van der Waals surface area contributed by atoms with Crippen LogP contribution in [0.1, 0.15) is 6.92 Å². The van der Waals surface area contributed by atoms with Crippen LogP contribution in [0.25, 0.3) is 0 Å². The summed E-state index contributed by atoms with van der Waals surface area (Å²) in [6.45, 7) is 2.28. The second-order valence-corrected chi connectivity index (χ2v) is 7.44. The van der Waals surface area contributed by atoms with E-state index in [9.17, 15) is 19.0 Å². The largest absolute Gasteiger partial charge is 0.463 e. The van der Waals surface area contributed by atoms with Gasteiger partial charge in [0.15, 0.2) is 0 Å². The SMILES string of the molecule is CCOC(=O)/C=C\C(=O)OCCP(=O)(O)OCC[N+](C)(C)C. The molecule has 0 aromatic rings. The molecular formula is C13H25NO7P+. The molecule has 0 radical (unpaired) electrons. The van der Waals surface area contributed by atoms with E-state index in [1.54, 1.807) is 6.92 Å².